The van der Waals surface area contributed by atoms with Crippen molar-refractivity contribution in [1.29, 1.82) is 0 Å². The van der Waals surface area contributed by atoms with Crippen molar-refractivity contribution in [3.05, 3.63) is 0 Å². The summed E-state index contributed by atoms with van der Waals surface area (Å²) >= 11 is 2.19. The summed E-state index contributed by atoms with van der Waals surface area (Å²) in [6.07, 6.45) is 0.433. The van der Waals surface area contributed by atoms with E-state index >= 15 is 0 Å². The zero-order valence-corrected chi connectivity index (χ0v) is 10.6. The van der Waals surface area contributed by atoms with Crippen LogP contribution in [0.1, 0.15) is 19.3 Å². The summed E-state index contributed by atoms with van der Waals surface area (Å²) in [4.78, 5) is 10.9. The van der Waals surface area contributed by atoms with Gasteiger partial charge in [0.2, 0.25) is 0 Å². The van der Waals surface area contributed by atoms with E-state index in [-0.39, 0.29) is 25.4 Å². The first-order valence-electron chi connectivity index (χ1n) is 4.29. The summed E-state index contributed by atoms with van der Waals surface area (Å²) in [5, 5.41) is 11.8. The van der Waals surface area contributed by atoms with Crippen molar-refractivity contribution in [2.75, 3.05) is 11.0 Å². The molecule has 0 unspecified atom stereocenters. The fourth-order valence-electron chi connectivity index (χ4n) is 1.66. The minimum Gasteiger partial charge on any atom is -0.480 e. The monoisotopic (exact) mass is 337 g/mol. The average molecular weight is 338 g/mol. The van der Waals surface area contributed by atoms with Crippen LogP contribution in [0.25, 0.3) is 0 Å². The van der Waals surface area contributed by atoms with E-state index in [4.69, 9.17) is 5.11 Å². The first kappa shape index (κ1) is 14.4. The van der Waals surface area contributed by atoms with E-state index in [0.717, 1.165) is 10.8 Å². The van der Waals surface area contributed by atoms with Crippen molar-refractivity contribution in [2.45, 2.75) is 31.0 Å². The molecule has 1 aliphatic heterocycles. The van der Waals surface area contributed by atoms with Gasteiger partial charge in [-0.1, -0.05) is 22.6 Å². The molecular formula is C8H14ClFINO2. The highest BCUT2D eigenvalue weighted by atomic mass is 127. The van der Waals surface area contributed by atoms with Gasteiger partial charge in [-0.25, -0.2) is 4.39 Å². The van der Waals surface area contributed by atoms with Gasteiger partial charge in [-0.15, -0.1) is 12.4 Å². The quantitative estimate of drug-likeness (QED) is 0.607. The van der Waals surface area contributed by atoms with Crippen LogP contribution in [-0.4, -0.2) is 33.8 Å². The highest BCUT2D eigenvalue weighted by molar-refractivity contribution is 14.1. The van der Waals surface area contributed by atoms with Crippen LogP contribution in [0.3, 0.4) is 0 Å². The Labute approximate surface area is 102 Å². The van der Waals surface area contributed by atoms with Crippen molar-refractivity contribution in [2.24, 2.45) is 0 Å². The third-order valence-electron chi connectivity index (χ3n) is 2.38. The number of alkyl halides is 2. The molecule has 0 bridgehead atoms. The lowest BCUT2D eigenvalue weighted by Crippen LogP contribution is -2.47. The standard InChI is InChI=1S/C8H13FINO2.ClH/c9-6-4-8(7(12)13,11-5-6)2-1-3-10;/h6,11H,1-5H2,(H,12,13);1H/t6-,8-;/m1./s1. The molecule has 0 aliphatic carbocycles. The lowest BCUT2D eigenvalue weighted by Gasteiger charge is -2.23. The van der Waals surface area contributed by atoms with Crippen molar-refractivity contribution < 1.29 is 14.3 Å². The lowest BCUT2D eigenvalue weighted by atomic mass is 9.92. The third kappa shape index (κ3) is 3.20. The Bertz CT molecular complexity index is 208. The summed E-state index contributed by atoms with van der Waals surface area (Å²) in [5.74, 6) is -0.919. The maximum atomic E-state index is 12.9. The Kier molecular flexibility index (Phi) is 6.24. The predicted molar refractivity (Wildman–Crippen MR) is 63.3 cm³/mol. The van der Waals surface area contributed by atoms with Crippen LogP contribution in [0, 0.1) is 0 Å². The summed E-state index contributed by atoms with van der Waals surface area (Å²) in [6.45, 7) is 0.174. The molecule has 0 radical (unpaired) electrons. The minimum absolute atomic E-state index is 0. The lowest BCUT2D eigenvalue weighted by molar-refractivity contribution is -0.144. The molecule has 0 amide bonds. The molecule has 6 heteroatoms. The zero-order chi connectivity index (χ0) is 9.90. The fraction of sp³-hybridized carbons (Fsp3) is 0.875. The number of nitrogens with one attached hydrogen (secondary N) is 1. The minimum atomic E-state index is -1.01. The highest BCUT2D eigenvalue weighted by Crippen LogP contribution is 2.27. The smallest absolute Gasteiger partial charge is 0.324 e. The van der Waals surface area contributed by atoms with E-state index in [9.17, 15) is 9.18 Å². The topological polar surface area (TPSA) is 49.3 Å². The van der Waals surface area contributed by atoms with E-state index in [1.807, 2.05) is 0 Å². The maximum Gasteiger partial charge on any atom is 0.324 e. The number of hydrogen-bond acceptors (Lipinski definition) is 2. The summed E-state index contributed by atoms with van der Waals surface area (Å²) in [6, 6.07) is 0. The van der Waals surface area contributed by atoms with E-state index in [2.05, 4.69) is 27.9 Å². The van der Waals surface area contributed by atoms with Crippen molar-refractivity contribution in [3.8, 4) is 0 Å². The van der Waals surface area contributed by atoms with Gasteiger partial charge in [-0.05, 0) is 17.3 Å². The van der Waals surface area contributed by atoms with Crippen molar-refractivity contribution >= 4 is 41.0 Å². The number of halogens is 3. The third-order valence-corrected chi connectivity index (χ3v) is 3.14. The van der Waals surface area contributed by atoms with Gasteiger partial charge in [0.25, 0.3) is 0 Å². The van der Waals surface area contributed by atoms with Gasteiger partial charge >= 0.3 is 5.97 Å². The second-order valence-corrected chi connectivity index (χ2v) is 4.44. The zero-order valence-electron chi connectivity index (χ0n) is 7.63. The van der Waals surface area contributed by atoms with E-state index in [0.29, 0.717) is 6.42 Å². The molecule has 1 rings (SSSR count). The molecule has 84 valence electrons. The second kappa shape index (κ2) is 6.07. The van der Waals surface area contributed by atoms with E-state index < -0.39 is 17.7 Å². The second-order valence-electron chi connectivity index (χ2n) is 3.36. The molecule has 1 aliphatic rings. The highest BCUT2D eigenvalue weighted by Gasteiger charge is 2.44. The molecule has 3 nitrogen and oxygen atoms in total. The Morgan fingerprint density at radius 1 is 1.71 bits per heavy atom. The van der Waals surface area contributed by atoms with Crippen LogP contribution in [0.2, 0.25) is 0 Å². The number of hydrogen-bond donors (Lipinski definition) is 2. The number of carboxylic acids is 1. The number of carboxylic acid groups (broad SMARTS) is 1. The summed E-state index contributed by atoms with van der Waals surface area (Å²) in [5.41, 5.74) is -0.995. The fourth-order valence-corrected chi connectivity index (χ4v) is 2.04. The molecule has 0 saturated carbocycles. The maximum absolute atomic E-state index is 12.9. The van der Waals surface area contributed by atoms with E-state index in [1.165, 1.54) is 0 Å². The summed E-state index contributed by atoms with van der Waals surface area (Å²) in [7, 11) is 0. The molecule has 0 spiro atoms. The van der Waals surface area contributed by atoms with Crippen LogP contribution >= 0.6 is 35.0 Å². The van der Waals surface area contributed by atoms with Gasteiger partial charge in [0, 0.05) is 13.0 Å². The largest absolute Gasteiger partial charge is 0.480 e. The first-order valence-corrected chi connectivity index (χ1v) is 5.82. The van der Waals surface area contributed by atoms with Crippen molar-refractivity contribution in [1.82, 2.24) is 5.32 Å². The van der Waals surface area contributed by atoms with Crippen LogP contribution in [0.5, 0.6) is 0 Å². The molecule has 14 heavy (non-hydrogen) atoms. The van der Waals surface area contributed by atoms with Gasteiger partial charge in [-0.2, -0.15) is 0 Å². The van der Waals surface area contributed by atoms with Gasteiger partial charge in [0.05, 0.1) is 0 Å². The molecule has 1 fully saturated rings. The number of aliphatic carboxylic acids is 1. The van der Waals surface area contributed by atoms with Crippen LogP contribution < -0.4 is 5.32 Å². The van der Waals surface area contributed by atoms with Gasteiger partial charge in [0.15, 0.2) is 0 Å². The Hall–Kier alpha value is 0.380. The summed E-state index contributed by atoms with van der Waals surface area (Å²) < 4.78 is 13.8. The first-order chi connectivity index (χ1) is 6.10. The van der Waals surface area contributed by atoms with Crippen LogP contribution in [-0.2, 0) is 4.79 Å². The van der Waals surface area contributed by atoms with Crippen molar-refractivity contribution in [3.63, 3.8) is 0 Å². The predicted octanol–water partition coefficient (Wildman–Crippen LogP) is 1.78. The number of rotatable bonds is 4. The van der Waals surface area contributed by atoms with Crippen LogP contribution in [0.15, 0.2) is 0 Å². The number of carbonyl (C=O) groups is 1. The van der Waals surface area contributed by atoms with Crippen LogP contribution in [0.4, 0.5) is 4.39 Å². The normalized spacial score (nSPS) is 31.1. The molecule has 2 N–H and O–H groups in total. The molecule has 0 aromatic rings. The Balaban J connectivity index is 0.00000169. The molecular weight excluding hydrogens is 323 g/mol. The van der Waals surface area contributed by atoms with Gasteiger partial charge in [-0.3, -0.25) is 10.1 Å². The Morgan fingerprint density at radius 3 is 2.71 bits per heavy atom. The molecule has 1 saturated heterocycles. The Morgan fingerprint density at radius 2 is 2.36 bits per heavy atom. The molecule has 0 aromatic carbocycles. The average Bonchev–Trinajstić information content (AvgIpc) is 2.45. The molecule has 0 aromatic heterocycles. The van der Waals surface area contributed by atoms with Gasteiger partial charge in [0.1, 0.15) is 11.7 Å². The molecule has 1 heterocycles. The SMILES string of the molecule is Cl.O=C(O)[C@@]1(CCCI)C[C@@H](F)CN1. The molecule has 2 atom stereocenters. The van der Waals surface area contributed by atoms with Gasteiger partial charge < -0.3 is 5.11 Å². The van der Waals surface area contributed by atoms with E-state index in [1.54, 1.807) is 0 Å².